The van der Waals surface area contributed by atoms with Crippen LogP contribution in [-0.2, 0) is 20.7 Å². The molecule has 3 atom stereocenters. The Bertz CT molecular complexity index is 818. The highest BCUT2D eigenvalue weighted by atomic mass is 32.1. The normalized spacial score (nSPS) is 23.1. The second kappa shape index (κ2) is 10.8. The van der Waals surface area contributed by atoms with Crippen molar-refractivity contribution in [2.75, 3.05) is 41.0 Å². The van der Waals surface area contributed by atoms with Crippen LogP contribution in [0.3, 0.4) is 0 Å². The summed E-state index contributed by atoms with van der Waals surface area (Å²) in [7, 11) is 4.81. The van der Waals surface area contributed by atoms with E-state index in [-0.39, 0.29) is 29.7 Å². The van der Waals surface area contributed by atoms with E-state index in [1.54, 1.807) is 26.2 Å². The molecule has 2 fully saturated rings. The number of fused-ring (bicyclic) bond motifs is 1. The van der Waals surface area contributed by atoms with Gasteiger partial charge in [0, 0.05) is 25.6 Å². The molecule has 9 heteroatoms. The molecule has 1 saturated carbocycles. The molecule has 1 aliphatic carbocycles. The van der Waals surface area contributed by atoms with Crippen LogP contribution in [0.5, 0.6) is 11.5 Å². The Balaban J connectivity index is 1.50. The molecule has 31 heavy (non-hydrogen) atoms. The number of benzene rings is 1. The predicted molar refractivity (Wildman–Crippen MR) is 120 cm³/mol. The zero-order valence-corrected chi connectivity index (χ0v) is 19.1. The van der Waals surface area contributed by atoms with Gasteiger partial charge in [0.1, 0.15) is 0 Å². The van der Waals surface area contributed by atoms with Gasteiger partial charge in [0.05, 0.1) is 33.3 Å². The van der Waals surface area contributed by atoms with Crippen molar-refractivity contribution in [3.8, 4) is 11.5 Å². The summed E-state index contributed by atoms with van der Waals surface area (Å²) < 4.78 is 15.7. The Morgan fingerprint density at radius 3 is 2.71 bits per heavy atom. The minimum Gasteiger partial charge on any atom is -0.493 e. The molecule has 1 aromatic carbocycles. The first-order valence-electron chi connectivity index (χ1n) is 10.6. The van der Waals surface area contributed by atoms with Gasteiger partial charge in [-0.1, -0.05) is 6.07 Å². The number of hydrogen-bond donors (Lipinski definition) is 2. The second-order valence-electron chi connectivity index (χ2n) is 7.89. The van der Waals surface area contributed by atoms with E-state index in [1.807, 2.05) is 18.2 Å². The third-order valence-corrected chi connectivity index (χ3v) is 6.38. The van der Waals surface area contributed by atoms with Crippen LogP contribution >= 0.6 is 12.2 Å². The van der Waals surface area contributed by atoms with E-state index in [9.17, 15) is 9.59 Å². The second-order valence-corrected chi connectivity index (χ2v) is 8.27. The Morgan fingerprint density at radius 1 is 1.23 bits per heavy atom. The average Bonchev–Trinajstić information content (AvgIpc) is 2.78. The summed E-state index contributed by atoms with van der Waals surface area (Å²) in [6.07, 6.45) is 2.68. The SMILES string of the molecule is COCCN1C(=O)C2CCC(C(=O)NCCc3ccc(OC)c(OC)c3)CC2NC1=S. The van der Waals surface area contributed by atoms with Gasteiger partial charge in [0.2, 0.25) is 11.8 Å². The molecule has 0 bridgehead atoms. The third kappa shape index (κ3) is 5.46. The van der Waals surface area contributed by atoms with Crippen LogP contribution in [0.15, 0.2) is 18.2 Å². The Kier molecular flexibility index (Phi) is 8.09. The standard InChI is InChI=1S/C22H31N3O5S/c1-28-11-10-25-21(27)16-6-5-15(13-17(16)24-22(25)31)20(26)23-9-8-14-4-7-18(29-2)19(12-14)30-3/h4,7,12,15-17H,5-6,8-11,13H2,1-3H3,(H,23,26)(H,24,31). The monoisotopic (exact) mass is 449 g/mol. The first-order chi connectivity index (χ1) is 15.0. The lowest BCUT2D eigenvalue weighted by Crippen LogP contribution is -2.62. The van der Waals surface area contributed by atoms with Gasteiger partial charge < -0.3 is 24.8 Å². The van der Waals surface area contributed by atoms with Crippen LogP contribution in [0, 0.1) is 11.8 Å². The van der Waals surface area contributed by atoms with Crippen molar-refractivity contribution in [2.24, 2.45) is 11.8 Å². The molecule has 1 saturated heterocycles. The minimum absolute atomic E-state index is 0.0286. The highest BCUT2D eigenvalue weighted by Crippen LogP contribution is 2.33. The summed E-state index contributed by atoms with van der Waals surface area (Å²) in [5.74, 6) is 1.16. The third-order valence-electron chi connectivity index (χ3n) is 6.04. The van der Waals surface area contributed by atoms with E-state index < -0.39 is 0 Å². The highest BCUT2D eigenvalue weighted by molar-refractivity contribution is 7.80. The van der Waals surface area contributed by atoms with Crippen LogP contribution in [0.1, 0.15) is 24.8 Å². The van der Waals surface area contributed by atoms with Crippen molar-refractivity contribution in [1.82, 2.24) is 15.5 Å². The molecular weight excluding hydrogens is 418 g/mol. The number of carbonyl (C=O) groups excluding carboxylic acids is 2. The average molecular weight is 450 g/mol. The molecule has 3 rings (SSSR count). The summed E-state index contributed by atoms with van der Waals surface area (Å²) in [6.45, 7) is 1.43. The summed E-state index contributed by atoms with van der Waals surface area (Å²) in [5.41, 5.74) is 1.06. The molecule has 1 heterocycles. The molecule has 2 amide bonds. The lowest BCUT2D eigenvalue weighted by atomic mass is 9.76. The van der Waals surface area contributed by atoms with Crippen LogP contribution < -0.4 is 20.1 Å². The van der Waals surface area contributed by atoms with Gasteiger partial charge >= 0.3 is 0 Å². The quantitative estimate of drug-likeness (QED) is 0.553. The summed E-state index contributed by atoms with van der Waals surface area (Å²) in [5, 5.41) is 6.74. The van der Waals surface area contributed by atoms with Gasteiger partial charge in [0.15, 0.2) is 16.6 Å². The van der Waals surface area contributed by atoms with E-state index in [0.717, 1.165) is 5.56 Å². The molecular formula is C22H31N3O5S. The van der Waals surface area contributed by atoms with E-state index in [4.69, 9.17) is 26.4 Å². The smallest absolute Gasteiger partial charge is 0.233 e. The van der Waals surface area contributed by atoms with E-state index in [1.165, 1.54) is 0 Å². The number of carbonyl (C=O) groups is 2. The largest absolute Gasteiger partial charge is 0.493 e. The molecule has 2 aliphatic rings. The number of ether oxygens (including phenoxy) is 3. The van der Waals surface area contributed by atoms with Gasteiger partial charge in [-0.05, 0) is 55.6 Å². The lowest BCUT2D eigenvalue weighted by molar-refractivity contribution is -0.138. The molecule has 2 N–H and O–H groups in total. The van der Waals surface area contributed by atoms with Crippen molar-refractivity contribution >= 4 is 29.1 Å². The van der Waals surface area contributed by atoms with Crippen LogP contribution in [0.4, 0.5) is 0 Å². The number of thiocarbonyl (C=S) groups is 1. The number of methoxy groups -OCH3 is 3. The zero-order valence-electron chi connectivity index (χ0n) is 18.3. The van der Waals surface area contributed by atoms with Crippen molar-refractivity contribution in [1.29, 1.82) is 0 Å². The minimum atomic E-state index is -0.139. The van der Waals surface area contributed by atoms with Crippen molar-refractivity contribution in [3.63, 3.8) is 0 Å². The van der Waals surface area contributed by atoms with Gasteiger partial charge in [0.25, 0.3) is 0 Å². The van der Waals surface area contributed by atoms with Crippen LogP contribution in [-0.4, -0.2) is 68.9 Å². The molecule has 170 valence electrons. The Labute approximate surface area is 188 Å². The predicted octanol–water partition coefficient (Wildman–Crippen LogP) is 1.51. The number of amides is 2. The maximum Gasteiger partial charge on any atom is 0.233 e. The van der Waals surface area contributed by atoms with Crippen molar-refractivity contribution in [2.45, 2.75) is 31.7 Å². The van der Waals surface area contributed by atoms with E-state index in [0.29, 0.717) is 62.0 Å². The summed E-state index contributed by atoms with van der Waals surface area (Å²) >= 11 is 5.37. The maximum atomic E-state index is 12.8. The highest BCUT2D eigenvalue weighted by Gasteiger charge is 2.43. The lowest BCUT2D eigenvalue weighted by Gasteiger charge is -2.43. The number of nitrogens with zero attached hydrogens (tertiary/aromatic N) is 1. The van der Waals surface area contributed by atoms with Crippen LogP contribution in [0.2, 0.25) is 0 Å². The number of nitrogens with one attached hydrogen (secondary N) is 2. The van der Waals surface area contributed by atoms with E-state index >= 15 is 0 Å². The fraction of sp³-hybridized carbons (Fsp3) is 0.591. The topological polar surface area (TPSA) is 89.1 Å². The number of hydrogen-bond acceptors (Lipinski definition) is 6. The van der Waals surface area contributed by atoms with Crippen molar-refractivity contribution < 1.29 is 23.8 Å². The fourth-order valence-electron chi connectivity index (χ4n) is 4.31. The molecule has 1 aliphatic heterocycles. The van der Waals surface area contributed by atoms with Gasteiger partial charge in [-0.15, -0.1) is 0 Å². The maximum absolute atomic E-state index is 12.8. The molecule has 0 aromatic heterocycles. The summed E-state index contributed by atoms with van der Waals surface area (Å²) in [6, 6.07) is 5.66. The first-order valence-corrected chi connectivity index (χ1v) is 11.0. The van der Waals surface area contributed by atoms with Gasteiger partial charge in [-0.2, -0.15) is 0 Å². The zero-order chi connectivity index (χ0) is 22.4. The molecule has 0 radical (unpaired) electrons. The van der Waals surface area contributed by atoms with Crippen LogP contribution in [0.25, 0.3) is 0 Å². The molecule has 3 unspecified atom stereocenters. The number of rotatable bonds is 9. The first kappa shape index (κ1) is 23.3. The van der Waals surface area contributed by atoms with Gasteiger partial charge in [-0.25, -0.2) is 0 Å². The molecule has 0 spiro atoms. The molecule has 8 nitrogen and oxygen atoms in total. The Hall–Kier alpha value is -2.39. The van der Waals surface area contributed by atoms with Gasteiger partial charge in [-0.3, -0.25) is 14.5 Å². The van der Waals surface area contributed by atoms with E-state index in [2.05, 4.69) is 10.6 Å². The van der Waals surface area contributed by atoms with Crippen molar-refractivity contribution in [3.05, 3.63) is 23.8 Å². The summed E-state index contributed by atoms with van der Waals surface area (Å²) in [4.78, 5) is 27.1. The Morgan fingerprint density at radius 2 is 2.00 bits per heavy atom. The molecule has 1 aromatic rings. The fourth-order valence-corrected chi connectivity index (χ4v) is 4.64.